The van der Waals surface area contributed by atoms with Crippen LogP contribution in [0.5, 0.6) is 11.8 Å². The fraction of sp³-hybridized carbons (Fsp3) is 0.321. The van der Waals surface area contributed by atoms with Gasteiger partial charge in [-0.15, -0.1) is 0 Å². The van der Waals surface area contributed by atoms with Gasteiger partial charge in [0.2, 0.25) is 0 Å². The number of nitrogens with zero attached hydrogens (tertiary/aromatic N) is 5. The van der Waals surface area contributed by atoms with Gasteiger partial charge in [0.05, 0.1) is 22.2 Å². The number of imidazole rings is 2. The van der Waals surface area contributed by atoms with Crippen molar-refractivity contribution < 1.29 is 9.47 Å². The molecule has 0 saturated carbocycles. The summed E-state index contributed by atoms with van der Waals surface area (Å²) in [6.45, 7) is 10.1. The van der Waals surface area contributed by atoms with E-state index in [4.69, 9.17) is 9.47 Å². The Kier molecular flexibility index (Phi) is 6.36. The molecule has 0 unspecified atom stereocenters. The molecule has 0 amide bonds. The highest BCUT2D eigenvalue weighted by atomic mass is 16.5. The van der Waals surface area contributed by atoms with Gasteiger partial charge in [-0.05, 0) is 67.3 Å². The average molecular weight is 486 g/mol. The first-order chi connectivity index (χ1) is 17.4. The molecular weight excluding hydrogens is 454 g/mol. The lowest BCUT2D eigenvalue weighted by Gasteiger charge is -2.18. The van der Waals surface area contributed by atoms with Crippen LogP contribution in [0.15, 0.2) is 71.7 Å². The number of ether oxygens (including phenoxy) is 2. The average Bonchev–Trinajstić information content (AvgIpc) is 3.35. The minimum absolute atomic E-state index is 0.117. The monoisotopic (exact) mass is 485 g/mol. The summed E-state index contributed by atoms with van der Waals surface area (Å²) < 4.78 is 17.5. The molecular formula is C28H31N5O3. The van der Waals surface area contributed by atoms with E-state index in [-0.39, 0.29) is 11.1 Å². The Balaban J connectivity index is 1.42. The third-order valence-electron chi connectivity index (χ3n) is 6.15. The molecule has 0 atom stereocenters. The molecule has 8 nitrogen and oxygen atoms in total. The van der Waals surface area contributed by atoms with Crippen LogP contribution < -0.4 is 10.4 Å². The molecule has 0 N–H and O–H groups in total. The van der Waals surface area contributed by atoms with E-state index in [1.807, 2.05) is 72.2 Å². The number of hydrogen-bond donors (Lipinski definition) is 0. The van der Waals surface area contributed by atoms with Gasteiger partial charge >= 0.3 is 11.7 Å². The Labute approximate surface area is 209 Å². The van der Waals surface area contributed by atoms with Crippen LogP contribution in [0.25, 0.3) is 27.9 Å². The number of para-hydroxylation sites is 2. The zero-order valence-electron chi connectivity index (χ0n) is 21.1. The molecule has 2 aromatic carbocycles. The smallest absolute Gasteiger partial charge is 0.334 e. The van der Waals surface area contributed by atoms with Gasteiger partial charge in [-0.1, -0.05) is 32.9 Å². The van der Waals surface area contributed by atoms with E-state index in [0.29, 0.717) is 37.3 Å². The van der Waals surface area contributed by atoms with E-state index in [2.05, 4.69) is 30.7 Å². The van der Waals surface area contributed by atoms with Crippen LogP contribution in [0, 0.1) is 5.41 Å². The van der Waals surface area contributed by atoms with E-state index < -0.39 is 0 Å². The van der Waals surface area contributed by atoms with E-state index in [1.165, 1.54) is 0 Å². The summed E-state index contributed by atoms with van der Waals surface area (Å²) in [5.41, 5.74) is 4.05. The summed E-state index contributed by atoms with van der Waals surface area (Å²) >= 11 is 0. The van der Waals surface area contributed by atoms with Crippen LogP contribution in [0.4, 0.5) is 0 Å². The van der Waals surface area contributed by atoms with Crippen molar-refractivity contribution in [3.63, 3.8) is 0 Å². The van der Waals surface area contributed by atoms with Crippen LogP contribution in [0.1, 0.15) is 34.1 Å². The van der Waals surface area contributed by atoms with Crippen molar-refractivity contribution in [3.05, 3.63) is 77.3 Å². The number of rotatable bonds is 8. The summed E-state index contributed by atoms with van der Waals surface area (Å²) in [6.07, 6.45) is 2.66. The molecule has 0 aliphatic rings. The lowest BCUT2D eigenvalue weighted by atomic mass is 9.93. The van der Waals surface area contributed by atoms with Gasteiger partial charge in [0.25, 0.3) is 0 Å². The Morgan fingerprint density at radius 3 is 2.42 bits per heavy atom. The van der Waals surface area contributed by atoms with Crippen molar-refractivity contribution in [1.82, 2.24) is 23.7 Å². The normalized spacial score (nSPS) is 12.0. The van der Waals surface area contributed by atoms with Gasteiger partial charge in [0.1, 0.15) is 12.5 Å². The van der Waals surface area contributed by atoms with Crippen LogP contribution in [-0.2, 0) is 18.0 Å². The number of fused-ring (bicyclic) bond motifs is 2. The van der Waals surface area contributed by atoms with E-state index in [1.54, 1.807) is 15.3 Å². The Morgan fingerprint density at radius 2 is 1.67 bits per heavy atom. The maximum atomic E-state index is 13.1. The molecule has 8 heteroatoms. The fourth-order valence-electron chi connectivity index (χ4n) is 4.18. The lowest BCUT2D eigenvalue weighted by Crippen LogP contribution is -2.22. The van der Waals surface area contributed by atoms with Crippen molar-refractivity contribution in [2.75, 3.05) is 6.61 Å². The molecule has 0 radical (unpaired) electrons. The highest BCUT2D eigenvalue weighted by Crippen LogP contribution is 2.27. The maximum absolute atomic E-state index is 13.1. The summed E-state index contributed by atoms with van der Waals surface area (Å²) in [7, 11) is 0. The summed E-state index contributed by atoms with van der Waals surface area (Å²) in [5, 5.41) is 0. The Morgan fingerprint density at radius 1 is 0.917 bits per heavy atom. The molecule has 36 heavy (non-hydrogen) atoms. The van der Waals surface area contributed by atoms with Crippen molar-refractivity contribution >= 4 is 22.2 Å². The molecule has 3 aromatic heterocycles. The largest absolute Gasteiger partial charge is 0.425 e. The first-order valence-electron chi connectivity index (χ1n) is 12.2. The zero-order valence-corrected chi connectivity index (χ0v) is 21.1. The molecule has 0 spiro atoms. The topological polar surface area (TPSA) is 76.1 Å². The first kappa shape index (κ1) is 23.8. The number of benzene rings is 2. The number of pyridine rings is 1. The third-order valence-corrected chi connectivity index (χ3v) is 6.15. The summed E-state index contributed by atoms with van der Waals surface area (Å²) in [5.74, 6) is 0.616. The Hall–Kier alpha value is -3.91. The molecule has 0 aliphatic heterocycles. The van der Waals surface area contributed by atoms with Crippen LogP contribution in [0.3, 0.4) is 0 Å². The number of aromatic nitrogens is 5. The van der Waals surface area contributed by atoms with Gasteiger partial charge in [0, 0.05) is 19.3 Å². The fourth-order valence-corrected chi connectivity index (χ4v) is 4.18. The molecule has 3 heterocycles. The third kappa shape index (κ3) is 4.64. The highest BCUT2D eigenvalue weighted by Gasteiger charge is 2.16. The van der Waals surface area contributed by atoms with Gasteiger partial charge in [-0.25, -0.2) is 14.3 Å². The van der Waals surface area contributed by atoms with E-state index in [9.17, 15) is 4.79 Å². The second-order valence-electron chi connectivity index (χ2n) is 9.96. The van der Waals surface area contributed by atoms with Gasteiger partial charge in [-0.2, -0.15) is 4.98 Å². The second-order valence-corrected chi connectivity index (χ2v) is 9.96. The first-order valence-corrected chi connectivity index (χ1v) is 12.2. The second kappa shape index (κ2) is 9.62. The molecule has 0 fully saturated rings. The van der Waals surface area contributed by atoms with Crippen molar-refractivity contribution in [2.24, 2.45) is 5.41 Å². The molecule has 0 aliphatic carbocycles. The highest BCUT2D eigenvalue weighted by molar-refractivity contribution is 5.77. The van der Waals surface area contributed by atoms with Gasteiger partial charge < -0.3 is 9.47 Å². The molecule has 186 valence electrons. The predicted molar refractivity (Wildman–Crippen MR) is 141 cm³/mol. The molecule has 5 aromatic rings. The Bertz CT molecular complexity index is 1550. The number of hydrogen-bond acceptors (Lipinski definition) is 5. The number of aryl methyl sites for hydroxylation is 1. The van der Waals surface area contributed by atoms with Crippen LogP contribution >= 0.6 is 0 Å². The van der Waals surface area contributed by atoms with Gasteiger partial charge in [-0.3, -0.25) is 9.13 Å². The van der Waals surface area contributed by atoms with Crippen molar-refractivity contribution in [3.8, 4) is 17.4 Å². The lowest BCUT2D eigenvalue weighted by molar-refractivity contribution is 0.0574. The van der Waals surface area contributed by atoms with Crippen LogP contribution in [0.2, 0.25) is 0 Å². The minimum Gasteiger partial charge on any atom is -0.425 e. The molecule has 0 saturated heterocycles. The zero-order chi connectivity index (χ0) is 25.3. The SMILES string of the molecule is CCn1c(=O)n(-c2ccc(Oc3nc4ccccc4n3COCCC(C)(C)C)cc2)c2ncccc21. The van der Waals surface area contributed by atoms with Crippen molar-refractivity contribution in [2.45, 2.75) is 47.4 Å². The molecule has 5 rings (SSSR count). The van der Waals surface area contributed by atoms with E-state index >= 15 is 0 Å². The van der Waals surface area contributed by atoms with Gasteiger partial charge in [0.15, 0.2) is 5.65 Å². The standard InChI is InChI=1S/C28H31N5O3/c1-5-31-24-11-8-17-29-25(24)33(27(31)34)20-12-14-21(15-13-20)36-26-30-22-9-6-7-10-23(22)32(26)19-35-18-16-28(2,3)4/h6-15,17H,5,16,18-19H2,1-4H3. The van der Waals surface area contributed by atoms with Crippen molar-refractivity contribution in [1.29, 1.82) is 0 Å². The van der Waals surface area contributed by atoms with Crippen LogP contribution in [-0.4, -0.2) is 30.3 Å². The predicted octanol–water partition coefficient (Wildman–Crippen LogP) is 5.76. The summed E-state index contributed by atoms with van der Waals surface area (Å²) in [6, 6.07) is 19.5. The van der Waals surface area contributed by atoms with E-state index in [0.717, 1.165) is 28.7 Å². The summed E-state index contributed by atoms with van der Waals surface area (Å²) in [4.78, 5) is 22.2. The molecule has 0 bridgehead atoms. The quantitative estimate of drug-likeness (QED) is 0.261. The minimum atomic E-state index is -0.117. The maximum Gasteiger partial charge on any atom is 0.334 e.